The van der Waals surface area contributed by atoms with Crippen molar-refractivity contribution in [3.8, 4) is 0 Å². The van der Waals surface area contributed by atoms with Gasteiger partial charge in [-0.15, -0.1) is 0 Å². The Kier molecular flexibility index (Phi) is 7.96. The number of aliphatic imine (C=N–C) groups is 1. The molecule has 2 aromatic carbocycles. The van der Waals surface area contributed by atoms with Crippen molar-refractivity contribution in [2.45, 2.75) is 57.2 Å². The number of amides is 2. The van der Waals surface area contributed by atoms with E-state index in [9.17, 15) is 27.9 Å². The maximum Gasteiger partial charge on any atom is 0.416 e. The second kappa shape index (κ2) is 11.1. The van der Waals surface area contributed by atoms with Crippen LogP contribution in [0.3, 0.4) is 0 Å². The van der Waals surface area contributed by atoms with Crippen molar-refractivity contribution >= 4 is 23.4 Å². The van der Waals surface area contributed by atoms with Crippen LogP contribution in [0.5, 0.6) is 0 Å². The number of hydrogen-bond donors (Lipinski definition) is 1. The van der Waals surface area contributed by atoms with E-state index < -0.39 is 30.2 Å². The molecule has 9 heteroatoms. The number of nitrogens with zero attached hydrogens (tertiary/aromatic N) is 3. The summed E-state index contributed by atoms with van der Waals surface area (Å²) in [5, 5.41) is 9.37. The van der Waals surface area contributed by atoms with Crippen LogP contribution < -0.4 is 0 Å². The average molecular weight is 502 g/mol. The number of unbranched alkanes of at least 4 members (excludes halogenated alkanes) is 2. The Morgan fingerprint density at radius 2 is 1.83 bits per heavy atom. The third-order valence-electron chi connectivity index (χ3n) is 6.82. The lowest BCUT2D eigenvalue weighted by atomic mass is 9.98. The van der Waals surface area contributed by atoms with Crippen LogP contribution in [0.25, 0.3) is 0 Å². The number of benzene rings is 2. The molecule has 2 amide bonds. The van der Waals surface area contributed by atoms with Crippen molar-refractivity contribution in [2.24, 2.45) is 4.99 Å². The minimum Gasteiger partial charge on any atom is -0.481 e. The highest BCUT2D eigenvalue weighted by Crippen LogP contribution is 2.34. The van der Waals surface area contributed by atoms with Gasteiger partial charge in [-0.25, -0.2) is 4.79 Å². The maximum absolute atomic E-state index is 13.2. The van der Waals surface area contributed by atoms with Crippen LogP contribution in [-0.4, -0.2) is 52.3 Å². The monoisotopic (exact) mass is 501 g/mol. The summed E-state index contributed by atoms with van der Waals surface area (Å²) in [6.45, 7) is 1.24. The molecule has 0 spiro atoms. The number of carboxylic acid groups (broad SMARTS) is 1. The van der Waals surface area contributed by atoms with Crippen molar-refractivity contribution in [3.05, 3.63) is 65.2 Å². The number of fused-ring (bicyclic) bond motifs is 1. The van der Waals surface area contributed by atoms with E-state index >= 15 is 0 Å². The molecule has 2 aliphatic rings. The summed E-state index contributed by atoms with van der Waals surface area (Å²) in [5.74, 6) is -1.17. The van der Waals surface area contributed by atoms with E-state index in [2.05, 4.69) is 6.07 Å². The SMILES string of the molecule is O=C(O)CC(c1cccc(C(F)(F)F)c1)N1CCN(CCCCCC2=Nc3ccccc3CC2)C1=O. The molecule has 6 nitrogen and oxygen atoms in total. The van der Waals surface area contributed by atoms with Gasteiger partial charge < -0.3 is 14.9 Å². The fourth-order valence-corrected chi connectivity index (χ4v) is 4.92. The summed E-state index contributed by atoms with van der Waals surface area (Å²) in [7, 11) is 0. The van der Waals surface area contributed by atoms with Gasteiger partial charge in [0.1, 0.15) is 0 Å². The molecule has 0 aromatic heterocycles. The topological polar surface area (TPSA) is 73.2 Å². The zero-order valence-corrected chi connectivity index (χ0v) is 20.0. The van der Waals surface area contributed by atoms with Crippen molar-refractivity contribution < 1.29 is 27.9 Å². The number of halogens is 3. The van der Waals surface area contributed by atoms with Gasteiger partial charge in [0.05, 0.1) is 23.7 Å². The summed E-state index contributed by atoms with van der Waals surface area (Å²) >= 11 is 0. The minimum absolute atomic E-state index is 0.178. The van der Waals surface area contributed by atoms with E-state index in [1.807, 2.05) is 18.2 Å². The highest BCUT2D eigenvalue weighted by molar-refractivity contribution is 5.89. The summed E-state index contributed by atoms with van der Waals surface area (Å²) in [6, 6.07) is 11.5. The van der Waals surface area contributed by atoms with Gasteiger partial charge in [0, 0.05) is 25.3 Å². The molecule has 0 radical (unpaired) electrons. The number of rotatable bonds is 10. The number of para-hydroxylation sites is 1. The van der Waals surface area contributed by atoms with Crippen LogP contribution in [0.2, 0.25) is 0 Å². The molecule has 192 valence electrons. The number of carboxylic acids is 1. The lowest BCUT2D eigenvalue weighted by Crippen LogP contribution is -2.36. The molecule has 1 atom stereocenters. The van der Waals surface area contributed by atoms with Gasteiger partial charge in [0.2, 0.25) is 0 Å². The molecule has 1 fully saturated rings. The number of carbonyl (C=O) groups is 2. The zero-order valence-electron chi connectivity index (χ0n) is 20.0. The van der Waals surface area contributed by atoms with E-state index in [1.165, 1.54) is 28.3 Å². The Morgan fingerprint density at radius 3 is 2.61 bits per heavy atom. The molecular formula is C27H30F3N3O3. The minimum atomic E-state index is -4.54. The molecule has 1 saturated heterocycles. The molecule has 2 heterocycles. The third kappa shape index (κ3) is 6.25. The van der Waals surface area contributed by atoms with Crippen molar-refractivity contribution in [2.75, 3.05) is 19.6 Å². The molecule has 0 bridgehead atoms. The first-order valence-electron chi connectivity index (χ1n) is 12.3. The quantitative estimate of drug-likeness (QED) is 0.392. The maximum atomic E-state index is 13.2. The first kappa shape index (κ1) is 25.7. The number of aliphatic carboxylic acids is 1. The van der Waals surface area contributed by atoms with Gasteiger partial charge in [0.15, 0.2) is 0 Å². The number of aryl methyl sites for hydroxylation is 1. The van der Waals surface area contributed by atoms with Crippen molar-refractivity contribution in [1.82, 2.24) is 9.80 Å². The number of alkyl halides is 3. The van der Waals surface area contributed by atoms with Crippen LogP contribution in [0.15, 0.2) is 53.5 Å². The molecular weight excluding hydrogens is 471 g/mol. The fourth-order valence-electron chi connectivity index (χ4n) is 4.92. The van der Waals surface area contributed by atoms with Crippen molar-refractivity contribution in [1.29, 1.82) is 0 Å². The van der Waals surface area contributed by atoms with Crippen molar-refractivity contribution in [3.63, 3.8) is 0 Å². The predicted octanol–water partition coefficient (Wildman–Crippen LogP) is 6.24. The Hall–Kier alpha value is -3.36. The number of urea groups is 1. The first-order valence-corrected chi connectivity index (χ1v) is 12.3. The Morgan fingerprint density at radius 1 is 1.03 bits per heavy atom. The Labute approximate surface area is 208 Å². The van der Waals surface area contributed by atoms with E-state index in [-0.39, 0.29) is 18.1 Å². The number of carbonyl (C=O) groups excluding carboxylic acids is 1. The predicted molar refractivity (Wildman–Crippen MR) is 130 cm³/mol. The van der Waals surface area contributed by atoms with Crippen LogP contribution in [0, 0.1) is 0 Å². The van der Waals surface area contributed by atoms with Crippen LogP contribution in [0.1, 0.15) is 61.3 Å². The zero-order chi connectivity index (χ0) is 25.7. The molecule has 36 heavy (non-hydrogen) atoms. The summed E-state index contributed by atoms with van der Waals surface area (Å²) in [4.78, 5) is 32.3. The van der Waals surface area contributed by atoms with Crippen LogP contribution in [0.4, 0.5) is 23.7 Å². The standard InChI is InChI=1S/C27H30F3N3O3/c28-27(29,30)21-9-6-8-20(17-21)24(18-25(34)35)33-16-15-32(26(33)36)14-5-1-2-10-22-13-12-19-7-3-4-11-23(19)31-22/h3-4,6-9,11,17,24H,1-2,5,10,12-16,18H2,(H,34,35). The largest absolute Gasteiger partial charge is 0.481 e. The molecule has 4 rings (SSSR count). The molecule has 2 aliphatic heterocycles. The van der Waals surface area contributed by atoms with E-state index in [0.717, 1.165) is 56.3 Å². The van der Waals surface area contributed by atoms with Crippen LogP contribution >= 0.6 is 0 Å². The Balaban J connectivity index is 1.30. The van der Waals surface area contributed by atoms with E-state index in [0.29, 0.717) is 13.1 Å². The third-order valence-corrected chi connectivity index (χ3v) is 6.82. The van der Waals surface area contributed by atoms with Gasteiger partial charge in [-0.2, -0.15) is 13.2 Å². The van der Waals surface area contributed by atoms with E-state index in [1.54, 1.807) is 4.90 Å². The van der Waals surface area contributed by atoms with Gasteiger partial charge >= 0.3 is 18.2 Å². The molecule has 1 N–H and O–H groups in total. The summed E-state index contributed by atoms with van der Waals surface area (Å²) in [6.07, 6.45) is 0.605. The molecule has 1 unspecified atom stereocenters. The second-order valence-electron chi connectivity index (χ2n) is 9.32. The smallest absolute Gasteiger partial charge is 0.416 e. The first-order chi connectivity index (χ1) is 17.2. The Bertz CT molecular complexity index is 1130. The highest BCUT2D eigenvalue weighted by atomic mass is 19.4. The molecule has 2 aromatic rings. The normalized spacial score (nSPS) is 16.6. The average Bonchev–Trinajstić information content (AvgIpc) is 3.21. The lowest BCUT2D eigenvalue weighted by Gasteiger charge is -2.28. The summed E-state index contributed by atoms with van der Waals surface area (Å²) < 4.78 is 39.6. The molecule has 0 saturated carbocycles. The number of hydrogen-bond acceptors (Lipinski definition) is 3. The van der Waals surface area contributed by atoms with E-state index in [4.69, 9.17) is 4.99 Å². The highest BCUT2D eigenvalue weighted by Gasteiger charge is 2.37. The lowest BCUT2D eigenvalue weighted by molar-refractivity contribution is -0.138. The van der Waals surface area contributed by atoms with Gasteiger partial charge in [-0.1, -0.05) is 36.8 Å². The van der Waals surface area contributed by atoms with Gasteiger partial charge in [-0.05, 0) is 61.4 Å². The van der Waals surface area contributed by atoms with Gasteiger partial charge in [-0.3, -0.25) is 9.79 Å². The van der Waals surface area contributed by atoms with Gasteiger partial charge in [0.25, 0.3) is 0 Å². The fraction of sp³-hybridized carbons (Fsp3) is 0.444. The summed E-state index contributed by atoms with van der Waals surface area (Å²) in [5.41, 5.74) is 2.86. The van der Waals surface area contributed by atoms with Crippen LogP contribution in [-0.2, 0) is 17.4 Å². The second-order valence-corrected chi connectivity index (χ2v) is 9.32. The molecule has 0 aliphatic carbocycles.